The number of amides is 1. The molecular formula is C14H20N4O2. The van der Waals surface area contributed by atoms with Gasteiger partial charge in [0.25, 0.3) is 0 Å². The molecule has 20 heavy (non-hydrogen) atoms. The van der Waals surface area contributed by atoms with E-state index in [4.69, 9.17) is 4.74 Å². The van der Waals surface area contributed by atoms with E-state index in [1.54, 1.807) is 13.2 Å². The molecule has 1 atom stereocenters. The number of carbonyl (C=O) groups excluding carboxylic acids is 1. The third-order valence-corrected chi connectivity index (χ3v) is 3.88. The normalized spacial score (nSPS) is 22.4. The van der Waals surface area contributed by atoms with Gasteiger partial charge in [-0.05, 0) is 31.7 Å². The molecule has 0 radical (unpaired) electrons. The third kappa shape index (κ3) is 3.00. The minimum atomic E-state index is 0.0632. The summed E-state index contributed by atoms with van der Waals surface area (Å²) in [7, 11) is 1.57. The van der Waals surface area contributed by atoms with Crippen LogP contribution in [0.2, 0.25) is 0 Å². The van der Waals surface area contributed by atoms with E-state index < -0.39 is 0 Å². The molecule has 1 aliphatic carbocycles. The van der Waals surface area contributed by atoms with Gasteiger partial charge in [0.05, 0.1) is 13.0 Å². The number of nitrogens with zero attached hydrogens (tertiary/aromatic N) is 3. The lowest BCUT2D eigenvalue weighted by atomic mass is 9.97. The highest BCUT2D eigenvalue weighted by Gasteiger charge is 2.30. The highest BCUT2D eigenvalue weighted by molar-refractivity contribution is 5.80. The highest BCUT2D eigenvalue weighted by atomic mass is 16.5. The molecule has 1 amide bonds. The van der Waals surface area contributed by atoms with Crippen LogP contribution in [-0.4, -0.2) is 42.3 Å². The van der Waals surface area contributed by atoms with Gasteiger partial charge in [0, 0.05) is 25.2 Å². The molecule has 2 fully saturated rings. The number of rotatable bonds is 4. The molecule has 6 heteroatoms. The Morgan fingerprint density at radius 3 is 2.85 bits per heavy atom. The first-order valence-electron chi connectivity index (χ1n) is 7.19. The van der Waals surface area contributed by atoms with Crippen molar-refractivity contribution >= 4 is 11.7 Å². The van der Waals surface area contributed by atoms with Crippen molar-refractivity contribution in [2.75, 3.05) is 25.1 Å². The van der Waals surface area contributed by atoms with E-state index in [1.807, 2.05) is 6.07 Å². The number of methoxy groups -OCH3 is 1. The second kappa shape index (κ2) is 5.64. The second-order valence-electron chi connectivity index (χ2n) is 5.50. The summed E-state index contributed by atoms with van der Waals surface area (Å²) in [6.45, 7) is 1.65. The number of aromatic nitrogens is 2. The molecule has 2 aliphatic rings. The molecule has 0 unspecified atom stereocenters. The first-order chi connectivity index (χ1) is 9.76. The first-order valence-corrected chi connectivity index (χ1v) is 7.19. The predicted octanol–water partition coefficient (Wildman–Crippen LogP) is 0.980. The van der Waals surface area contributed by atoms with Crippen molar-refractivity contribution in [3.05, 3.63) is 12.1 Å². The maximum Gasteiger partial charge on any atom is 0.233 e. The summed E-state index contributed by atoms with van der Waals surface area (Å²) in [4.78, 5) is 14.3. The molecule has 2 heterocycles. The Hall–Kier alpha value is -1.85. The van der Waals surface area contributed by atoms with E-state index in [-0.39, 0.29) is 11.8 Å². The van der Waals surface area contributed by atoms with Gasteiger partial charge in [-0.3, -0.25) is 4.79 Å². The molecule has 1 aromatic heterocycles. The summed E-state index contributed by atoms with van der Waals surface area (Å²) in [5.41, 5.74) is 0. The van der Waals surface area contributed by atoms with E-state index in [9.17, 15) is 4.79 Å². The van der Waals surface area contributed by atoms with Crippen LogP contribution >= 0.6 is 0 Å². The fourth-order valence-electron chi connectivity index (χ4n) is 2.54. The van der Waals surface area contributed by atoms with Crippen LogP contribution in [0.3, 0.4) is 0 Å². The lowest BCUT2D eigenvalue weighted by Gasteiger charge is -2.32. The van der Waals surface area contributed by atoms with Gasteiger partial charge in [0.1, 0.15) is 0 Å². The van der Waals surface area contributed by atoms with Gasteiger partial charge in [-0.1, -0.05) is 0 Å². The molecule has 3 rings (SSSR count). The van der Waals surface area contributed by atoms with Crippen molar-refractivity contribution in [3.8, 4) is 5.88 Å². The topological polar surface area (TPSA) is 67.3 Å². The van der Waals surface area contributed by atoms with Gasteiger partial charge < -0.3 is 15.0 Å². The van der Waals surface area contributed by atoms with Gasteiger partial charge in [-0.2, -0.15) is 0 Å². The molecule has 0 spiro atoms. The predicted molar refractivity (Wildman–Crippen MR) is 74.7 cm³/mol. The average Bonchev–Trinajstić information content (AvgIpc) is 3.31. The summed E-state index contributed by atoms with van der Waals surface area (Å²) < 4.78 is 5.01. The van der Waals surface area contributed by atoms with Crippen LogP contribution in [-0.2, 0) is 4.79 Å². The summed E-state index contributed by atoms with van der Waals surface area (Å²) in [6, 6.07) is 4.13. The molecule has 1 saturated heterocycles. The van der Waals surface area contributed by atoms with Gasteiger partial charge in [0.15, 0.2) is 5.82 Å². The molecular weight excluding hydrogens is 256 g/mol. The van der Waals surface area contributed by atoms with Gasteiger partial charge >= 0.3 is 0 Å². The molecule has 1 saturated carbocycles. The molecule has 0 bridgehead atoms. The Bertz CT molecular complexity index is 473. The summed E-state index contributed by atoms with van der Waals surface area (Å²) >= 11 is 0. The zero-order valence-corrected chi connectivity index (χ0v) is 11.7. The van der Waals surface area contributed by atoms with E-state index in [0.29, 0.717) is 11.9 Å². The standard InChI is InChI=1S/C14H20N4O2/c1-20-13-7-6-12(16-17-13)18-8-2-3-10(9-18)14(19)15-11-4-5-11/h6-7,10-11H,2-5,8-9H2,1H3,(H,15,19)/t10-/m1/s1. The largest absolute Gasteiger partial charge is 0.480 e. The molecule has 6 nitrogen and oxygen atoms in total. The number of ether oxygens (including phenoxy) is 1. The number of anilines is 1. The molecule has 108 valence electrons. The van der Waals surface area contributed by atoms with Crippen LogP contribution in [0.4, 0.5) is 5.82 Å². The van der Waals surface area contributed by atoms with Gasteiger partial charge in [-0.15, -0.1) is 10.2 Å². The van der Waals surface area contributed by atoms with Crippen LogP contribution < -0.4 is 15.0 Å². The minimum absolute atomic E-state index is 0.0632. The third-order valence-electron chi connectivity index (χ3n) is 3.88. The monoisotopic (exact) mass is 276 g/mol. The van der Waals surface area contributed by atoms with E-state index in [1.165, 1.54) is 0 Å². The van der Waals surface area contributed by atoms with Crippen LogP contribution in [0.5, 0.6) is 5.88 Å². The zero-order valence-electron chi connectivity index (χ0n) is 11.7. The van der Waals surface area contributed by atoms with Crippen molar-refractivity contribution in [1.29, 1.82) is 0 Å². The average molecular weight is 276 g/mol. The lowest BCUT2D eigenvalue weighted by Crippen LogP contribution is -2.44. The zero-order chi connectivity index (χ0) is 13.9. The first kappa shape index (κ1) is 13.1. The van der Waals surface area contributed by atoms with Crippen molar-refractivity contribution < 1.29 is 9.53 Å². The maximum atomic E-state index is 12.1. The van der Waals surface area contributed by atoms with Crippen molar-refractivity contribution in [2.24, 2.45) is 5.92 Å². The van der Waals surface area contributed by atoms with Gasteiger partial charge in [0.2, 0.25) is 11.8 Å². The van der Waals surface area contributed by atoms with Crippen LogP contribution in [0.25, 0.3) is 0 Å². The number of hydrogen-bond donors (Lipinski definition) is 1. The van der Waals surface area contributed by atoms with Gasteiger partial charge in [-0.25, -0.2) is 0 Å². The summed E-state index contributed by atoms with van der Waals surface area (Å²) in [6.07, 6.45) is 4.23. The quantitative estimate of drug-likeness (QED) is 0.888. The van der Waals surface area contributed by atoms with Crippen LogP contribution in [0.1, 0.15) is 25.7 Å². The SMILES string of the molecule is COc1ccc(N2CCC[C@@H](C(=O)NC3CC3)C2)nn1. The van der Waals surface area contributed by atoms with E-state index in [2.05, 4.69) is 20.4 Å². The van der Waals surface area contributed by atoms with Crippen LogP contribution in [0, 0.1) is 5.92 Å². The van der Waals surface area contributed by atoms with Crippen molar-refractivity contribution in [2.45, 2.75) is 31.7 Å². The Morgan fingerprint density at radius 1 is 1.35 bits per heavy atom. The summed E-state index contributed by atoms with van der Waals surface area (Å²) in [5, 5.41) is 11.2. The Kier molecular flexibility index (Phi) is 3.71. The number of hydrogen-bond acceptors (Lipinski definition) is 5. The summed E-state index contributed by atoms with van der Waals surface area (Å²) in [5.74, 6) is 1.58. The molecule has 1 N–H and O–H groups in total. The van der Waals surface area contributed by atoms with Crippen LogP contribution in [0.15, 0.2) is 12.1 Å². The lowest BCUT2D eigenvalue weighted by molar-refractivity contribution is -0.125. The van der Waals surface area contributed by atoms with E-state index >= 15 is 0 Å². The number of carbonyl (C=O) groups is 1. The Labute approximate surface area is 118 Å². The second-order valence-corrected chi connectivity index (χ2v) is 5.50. The molecule has 0 aromatic carbocycles. The fraction of sp³-hybridized carbons (Fsp3) is 0.643. The maximum absolute atomic E-state index is 12.1. The smallest absolute Gasteiger partial charge is 0.233 e. The molecule has 1 aliphatic heterocycles. The molecule has 1 aromatic rings. The Morgan fingerprint density at radius 2 is 2.20 bits per heavy atom. The van der Waals surface area contributed by atoms with Crippen molar-refractivity contribution in [3.63, 3.8) is 0 Å². The minimum Gasteiger partial charge on any atom is -0.480 e. The number of piperidine rings is 1. The van der Waals surface area contributed by atoms with E-state index in [0.717, 1.165) is 44.6 Å². The number of nitrogens with one attached hydrogen (secondary N) is 1. The van der Waals surface area contributed by atoms with Crippen molar-refractivity contribution in [1.82, 2.24) is 15.5 Å². The fourth-order valence-corrected chi connectivity index (χ4v) is 2.54. The highest BCUT2D eigenvalue weighted by Crippen LogP contribution is 2.24. The Balaban J connectivity index is 1.62.